The number of hydrogen-bond donors (Lipinski definition) is 0. The number of piperazine rings is 1. The van der Waals surface area contributed by atoms with E-state index in [0.717, 1.165) is 47.5 Å². The topological polar surface area (TPSA) is 45.7 Å². The number of fused-ring (bicyclic) bond motifs is 1. The van der Waals surface area contributed by atoms with E-state index in [1.54, 1.807) is 30.2 Å². The van der Waals surface area contributed by atoms with Crippen LogP contribution in [0.15, 0.2) is 47.4 Å². The van der Waals surface area contributed by atoms with Crippen molar-refractivity contribution < 1.29 is 9.53 Å². The van der Waals surface area contributed by atoms with Gasteiger partial charge in [-0.05, 0) is 48.9 Å². The zero-order valence-electron chi connectivity index (χ0n) is 16.1. The molecule has 0 bridgehead atoms. The normalized spacial score (nSPS) is 14.5. The summed E-state index contributed by atoms with van der Waals surface area (Å²) in [6.45, 7) is 5.26. The SMILES string of the molecule is COc1ccc(SCC(=O)N2CCN(c3nc4ccc(C)cc4s3)CC2)cc1. The molecule has 0 radical (unpaired) electrons. The number of carbonyl (C=O) groups is 1. The lowest BCUT2D eigenvalue weighted by molar-refractivity contribution is -0.128. The number of nitrogens with zero attached hydrogens (tertiary/aromatic N) is 3. The minimum absolute atomic E-state index is 0.195. The number of carbonyl (C=O) groups excluding carboxylic acids is 1. The van der Waals surface area contributed by atoms with Crippen LogP contribution in [0.2, 0.25) is 0 Å². The van der Waals surface area contributed by atoms with E-state index in [4.69, 9.17) is 9.72 Å². The van der Waals surface area contributed by atoms with Crippen LogP contribution >= 0.6 is 23.1 Å². The summed E-state index contributed by atoms with van der Waals surface area (Å²) in [7, 11) is 1.65. The maximum absolute atomic E-state index is 12.6. The molecule has 1 fully saturated rings. The number of anilines is 1. The highest BCUT2D eigenvalue weighted by atomic mass is 32.2. The molecule has 1 saturated heterocycles. The molecule has 0 saturated carbocycles. The summed E-state index contributed by atoms with van der Waals surface area (Å²) in [5.41, 5.74) is 2.31. The third-order valence-electron chi connectivity index (χ3n) is 4.86. The average Bonchev–Trinajstić information content (AvgIpc) is 3.15. The van der Waals surface area contributed by atoms with Crippen molar-refractivity contribution in [3.63, 3.8) is 0 Å². The molecule has 2 heterocycles. The molecule has 5 nitrogen and oxygen atoms in total. The van der Waals surface area contributed by atoms with Gasteiger partial charge in [0.2, 0.25) is 5.91 Å². The molecule has 3 aromatic rings. The van der Waals surface area contributed by atoms with Gasteiger partial charge in [0, 0.05) is 31.1 Å². The van der Waals surface area contributed by atoms with E-state index in [2.05, 4.69) is 30.0 Å². The lowest BCUT2D eigenvalue weighted by atomic mass is 10.2. The van der Waals surface area contributed by atoms with Crippen LogP contribution in [0.3, 0.4) is 0 Å². The van der Waals surface area contributed by atoms with Crippen molar-refractivity contribution in [1.82, 2.24) is 9.88 Å². The molecule has 7 heteroatoms. The van der Waals surface area contributed by atoms with Crippen molar-refractivity contribution in [2.45, 2.75) is 11.8 Å². The predicted octanol–water partition coefficient (Wildman–Crippen LogP) is 4.05. The quantitative estimate of drug-likeness (QED) is 0.591. The van der Waals surface area contributed by atoms with Gasteiger partial charge in [0.15, 0.2) is 5.13 Å². The van der Waals surface area contributed by atoms with Gasteiger partial charge in [-0.3, -0.25) is 4.79 Å². The third-order valence-corrected chi connectivity index (χ3v) is 6.93. The number of aryl methyl sites for hydroxylation is 1. The zero-order chi connectivity index (χ0) is 19.5. The van der Waals surface area contributed by atoms with E-state index in [1.807, 2.05) is 29.2 Å². The van der Waals surface area contributed by atoms with Crippen LogP contribution in [-0.2, 0) is 4.79 Å². The number of hydrogen-bond acceptors (Lipinski definition) is 6. The summed E-state index contributed by atoms with van der Waals surface area (Å²) in [4.78, 5) is 22.7. The molecule has 0 atom stereocenters. The molecule has 28 heavy (non-hydrogen) atoms. The van der Waals surface area contributed by atoms with E-state index >= 15 is 0 Å². The Hall–Kier alpha value is -2.25. The van der Waals surface area contributed by atoms with Crippen molar-refractivity contribution in [3.8, 4) is 5.75 Å². The smallest absolute Gasteiger partial charge is 0.233 e. The minimum Gasteiger partial charge on any atom is -0.497 e. The number of methoxy groups -OCH3 is 1. The first-order chi connectivity index (χ1) is 13.6. The van der Waals surface area contributed by atoms with Gasteiger partial charge in [-0.1, -0.05) is 17.4 Å². The fourth-order valence-electron chi connectivity index (χ4n) is 3.21. The van der Waals surface area contributed by atoms with Crippen molar-refractivity contribution in [2.75, 3.05) is 43.9 Å². The fourth-order valence-corrected chi connectivity index (χ4v) is 5.13. The van der Waals surface area contributed by atoms with Crippen LogP contribution in [0.4, 0.5) is 5.13 Å². The maximum atomic E-state index is 12.6. The van der Waals surface area contributed by atoms with Crippen LogP contribution in [0.25, 0.3) is 10.2 Å². The molecule has 1 aromatic heterocycles. The predicted molar refractivity (Wildman–Crippen MR) is 117 cm³/mol. The first-order valence-corrected chi connectivity index (χ1v) is 11.1. The van der Waals surface area contributed by atoms with Crippen LogP contribution in [0.5, 0.6) is 5.75 Å². The molecular weight excluding hydrogens is 390 g/mol. The molecule has 1 aliphatic rings. The highest BCUT2D eigenvalue weighted by molar-refractivity contribution is 8.00. The van der Waals surface area contributed by atoms with Gasteiger partial charge in [0.05, 0.1) is 23.1 Å². The number of amides is 1. The second-order valence-electron chi connectivity index (χ2n) is 6.80. The molecule has 0 spiro atoms. The Morgan fingerprint density at radius 1 is 1.14 bits per heavy atom. The van der Waals surface area contributed by atoms with Crippen molar-refractivity contribution in [1.29, 1.82) is 0 Å². The molecule has 0 unspecified atom stereocenters. The Morgan fingerprint density at radius 3 is 2.61 bits per heavy atom. The molecule has 2 aromatic carbocycles. The minimum atomic E-state index is 0.195. The standard InChI is InChI=1S/C21H23N3O2S2/c1-15-3-8-18-19(13-15)28-21(22-18)24-11-9-23(10-12-24)20(25)14-27-17-6-4-16(26-2)5-7-17/h3-8,13H,9-12,14H2,1-2H3. The van der Waals surface area contributed by atoms with E-state index in [1.165, 1.54) is 10.3 Å². The number of aromatic nitrogens is 1. The molecule has 1 aliphatic heterocycles. The van der Waals surface area contributed by atoms with Gasteiger partial charge in [0.1, 0.15) is 5.75 Å². The number of thioether (sulfide) groups is 1. The van der Waals surface area contributed by atoms with Gasteiger partial charge in [-0.2, -0.15) is 0 Å². The first-order valence-electron chi connectivity index (χ1n) is 9.29. The van der Waals surface area contributed by atoms with Crippen LogP contribution in [0.1, 0.15) is 5.56 Å². The van der Waals surface area contributed by atoms with Crippen LogP contribution in [-0.4, -0.2) is 54.8 Å². The molecule has 146 valence electrons. The van der Waals surface area contributed by atoms with E-state index in [0.29, 0.717) is 5.75 Å². The summed E-state index contributed by atoms with van der Waals surface area (Å²) >= 11 is 3.31. The van der Waals surface area contributed by atoms with Crippen molar-refractivity contribution in [3.05, 3.63) is 48.0 Å². The zero-order valence-corrected chi connectivity index (χ0v) is 17.7. The van der Waals surface area contributed by atoms with Gasteiger partial charge in [0.25, 0.3) is 0 Å². The molecule has 0 N–H and O–H groups in total. The number of rotatable bonds is 5. The Balaban J connectivity index is 1.30. The maximum Gasteiger partial charge on any atom is 0.233 e. The molecule has 1 amide bonds. The fraction of sp³-hybridized carbons (Fsp3) is 0.333. The molecule has 0 aliphatic carbocycles. The molecular formula is C21H23N3O2S2. The van der Waals surface area contributed by atoms with E-state index in [-0.39, 0.29) is 5.91 Å². The second kappa shape index (κ2) is 8.41. The lowest BCUT2D eigenvalue weighted by Gasteiger charge is -2.34. The highest BCUT2D eigenvalue weighted by Gasteiger charge is 2.23. The van der Waals surface area contributed by atoms with E-state index < -0.39 is 0 Å². The Bertz CT molecular complexity index is 963. The first kappa shape index (κ1) is 19.1. The van der Waals surface area contributed by atoms with Gasteiger partial charge < -0.3 is 14.5 Å². The summed E-state index contributed by atoms with van der Waals surface area (Å²) in [5.74, 6) is 1.49. The second-order valence-corrected chi connectivity index (χ2v) is 8.86. The van der Waals surface area contributed by atoms with Gasteiger partial charge in [-0.25, -0.2) is 4.98 Å². The van der Waals surface area contributed by atoms with E-state index in [9.17, 15) is 4.79 Å². The largest absolute Gasteiger partial charge is 0.497 e. The number of benzene rings is 2. The Labute approximate surface area is 173 Å². The van der Waals surface area contributed by atoms with Gasteiger partial charge in [-0.15, -0.1) is 11.8 Å². The summed E-state index contributed by atoms with van der Waals surface area (Å²) in [6, 6.07) is 14.2. The Kier molecular flexibility index (Phi) is 5.73. The molecule has 4 rings (SSSR count). The Morgan fingerprint density at radius 2 is 1.89 bits per heavy atom. The summed E-state index contributed by atoms with van der Waals surface area (Å²) in [6.07, 6.45) is 0. The number of thiazole rings is 1. The van der Waals surface area contributed by atoms with Crippen molar-refractivity contribution >= 4 is 44.4 Å². The van der Waals surface area contributed by atoms with Gasteiger partial charge >= 0.3 is 0 Å². The monoisotopic (exact) mass is 413 g/mol. The average molecular weight is 414 g/mol. The lowest BCUT2D eigenvalue weighted by Crippen LogP contribution is -2.49. The van der Waals surface area contributed by atoms with Crippen molar-refractivity contribution in [2.24, 2.45) is 0 Å². The number of ether oxygens (including phenoxy) is 1. The summed E-state index contributed by atoms with van der Waals surface area (Å²) < 4.78 is 6.39. The van der Waals surface area contributed by atoms with Crippen LogP contribution in [0, 0.1) is 6.92 Å². The van der Waals surface area contributed by atoms with Crippen LogP contribution < -0.4 is 9.64 Å². The summed E-state index contributed by atoms with van der Waals surface area (Å²) in [5, 5.41) is 1.06. The third kappa shape index (κ3) is 4.25. The highest BCUT2D eigenvalue weighted by Crippen LogP contribution is 2.30.